The highest BCUT2D eigenvalue weighted by molar-refractivity contribution is 7.44. The molecule has 11 heavy (non-hydrogen) atoms. The molecule has 0 aromatic heterocycles. The zero-order valence-corrected chi connectivity index (χ0v) is 8.30. The summed E-state index contributed by atoms with van der Waals surface area (Å²) in [6.07, 6.45) is 1.15. The molecule has 1 fully saturated rings. The van der Waals surface area contributed by atoms with E-state index in [9.17, 15) is 0 Å². The van der Waals surface area contributed by atoms with E-state index >= 15 is 0 Å². The van der Waals surface area contributed by atoms with Crippen molar-refractivity contribution in [2.75, 3.05) is 27.3 Å². The molecule has 66 valence electrons. The van der Waals surface area contributed by atoms with E-state index in [1.165, 1.54) is 0 Å². The summed E-state index contributed by atoms with van der Waals surface area (Å²) in [5.74, 6) is 0.605. The molecule has 0 bridgehead atoms. The summed E-state index contributed by atoms with van der Waals surface area (Å²) in [4.78, 5) is 0. The molecular formula is C7H16NO2P. The fraction of sp³-hybridized carbons (Fsp3) is 1.00. The Balaban J connectivity index is 2.24. The lowest BCUT2D eigenvalue weighted by molar-refractivity contribution is 0.101. The Labute approximate surface area is 69.6 Å². The van der Waals surface area contributed by atoms with Crippen LogP contribution >= 0.6 is 8.53 Å². The SMILES string of the molecule is CCC1COP(N(C)C)OC1. The van der Waals surface area contributed by atoms with Crippen LogP contribution in [0.1, 0.15) is 13.3 Å². The molecule has 1 rings (SSSR count). The average Bonchev–Trinajstić information content (AvgIpc) is 2.05. The molecule has 0 N–H and O–H groups in total. The molecule has 1 saturated heterocycles. The third kappa shape index (κ3) is 2.68. The third-order valence-corrected chi connectivity index (χ3v) is 3.14. The quantitative estimate of drug-likeness (QED) is 0.601. The summed E-state index contributed by atoms with van der Waals surface area (Å²) in [5.41, 5.74) is 0. The van der Waals surface area contributed by atoms with Crippen molar-refractivity contribution < 1.29 is 9.05 Å². The molecule has 0 atom stereocenters. The van der Waals surface area contributed by atoms with Crippen LogP contribution in [0, 0.1) is 5.92 Å². The molecule has 0 aliphatic carbocycles. The van der Waals surface area contributed by atoms with E-state index in [0.717, 1.165) is 19.6 Å². The highest BCUT2D eigenvalue weighted by atomic mass is 31.2. The van der Waals surface area contributed by atoms with Gasteiger partial charge in [-0.05, 0) is 20.5 Å². The van der Waals surface area contributed by atoms with Crippen molar-refractivity contribution in [1.82, 2.24) is 4.67 Å². The minimum atomic E-state index is -0.730. The second-order valence-corrected chi connectivity index (χ2v) is 4.74. The van der Waals surface area contributed by atoms with Gasteiger partial charge in [0.05, 0.1) is 13.2 Å². The first-order valence-corrected chi connectivity index (χ1v) is 5.10. The predicted octanol–water partition coefficient (Wildman–Crippen LogP) is 1.85. The Kier molecular flexibility index (Phi) is 3.73. The number of rotatable bonds is 2. The Morgan fingerprint density at radius 3 is 2.27 bits per heavy atom. The predicted molar refractivity (Wildman–Crippen MR) is 46.3 cm³/mol. The lowest BCUT2D eigenvalue weighted by Crippen LogP contribution is -2.23. The first kappa shape index (κ1) is 9.40. The Bertz CT molecular complexity index is 113. The van der Waals surface area contributed by atoms with E-state index in [1.54, 1.807) is 0 Å². The van der Waals surface area contributed by atoms with Crippen LogP contribution < -0.4 is 0 Å². The summed E-state index contributed by atoms with van der Waals surface area (Å²) in [7, 11) is 3.24. The summed E-state index contributed by atoms with van der Waals surface area (Å²) in [6.45, 7) is 3.89. The smallest absolute Gasteiger partial charge is 0.258 e. The molecule has 0 amide bonds. The van der Waals surface area contributed by atoms with Crippen molar-refractivity contribution in [3.63, 3.8) is 0 Å². The van der Waals surface area contributed by atoms with Gasteiger partial charge in [-0.25, -0.2) is 4.67 Å². The molecule has 4 heteroatoms. The summed E-state index contributed by atoms with van der Waals surface area (Å²) < 4.78 is 13.0. The minimum absolute atomic E-state index is 0.605. The standard InChI is InChI=1S/C7H16NO2P/c1-4-7-5-9-11(8(2)3)10-6-7/h7H,4-6H2,1-3H3. The molecular weight excluding hydrogens is 161 g/mol. The number of hydrogen-bond acceptors (Lipinski definition) is 3. The van der Waals surface area contributed by atoms with Gasteiger partial charge in [0.2, 0.25) is 0 Å². The van der Waals surface area contributed by atoms with Crippen LogP contribution in [0.3, 0.4) is 0 Å². The van der Waals surface area contributed by atoms with Crippen LogP contribution in [0.4, 0.5) is 0 Å². The van der Waals surface area contributed by atoms with Crippen molar-refractivity contribution in [3.8, 4) is 0 Å². The molecule has 0 aromatic rings. The van der Waals surface area contributed by atoms with E-state index < -0.39 is 8.53 Å². The van der Waals surface area contributed by atoms with Crippen molar-refractivity contribution in [2.24, 2.45) is 5.92 Å². The van der Waals surface area contributed by atoms with Crippen molar-refractivity contribution in [2.45, 2.75) is 13.3 Å². The highest BCUT2D eigenvalue weighted by Gasteiger charge is 2.23. The van der Waals surface area contributed by atoms with Gasteiger partial charge >= 0.3 is 0 Å². The molecule has 1 heterocycles. The largest absolute Gasteiger partial charge is 0.322 e. The van der Waals surface area contributed by atoms with Gasteiger partial charge in [-0.1, -0.05) is 6.92 Å². The highest BCUT2D eigenvalue weighted by Crippen LogP contribution is 2.44. The first-order chi connectivity index (χ1) is 5.24. The average molecular weight is 177 g/mol. The van der Waals surface area contributed by atoms with Gasteiger partial charge < -0.3 is 9.05 Å². The van der Waals surface area contributed by atoms with Crippen molar-refractivity contribution in [3.05, 3.63) is 0 Å². The van der Waals surface area contributed by atoms with Crippen LogP contribution in [0.2, 0.25) is 0 Å². The van der Waals surface area contributed by atoms with Gasteiger partial charge in [-0.3, -0.25) is 0 Å². The Morgan fingerprint density at radius 2 is 1.91 bits per heavy atom. The Hall–Kier alpha value is 0.310. The monoisotopic (exact) mass is 177 g/mol. The third-order valence-electron chi connectivity index (χ3n) is 1.75. The minimum Gasteiger partial charge on any atom is -0.322 e. The first-order valence-electron chi connectivity index (χ1n) is 3.97. The molecule has 0 spiro atoms. The maximum Gasteiger partial charge on any atom is 0.258 e. The van der Waals surface area contributed by atoms with E-state index in [-0.39, 0.29) is 0 Å². The normalized spacial score (nSPS) is 32.7. The lowest BCUT2D eigenvalue weighted by Gasteiger charge is -2.30. The van der Waals surface area contributed by atoms with E-state index in [2.05, 4.69) is 6.92 Å². The molecule has 0 radical (unpaired) electrons. The maximum atomic E-state index is 5.51. The van der Waals surface area contributed by atoms with Gasteiger partial charge in [0.1, 0.15) is 0 Å². The van der Waals surface area contributed by atoms with Gasteiger partial charge in [0.15, 0.2) is 0 Å². The topological polar surface area (TPSA) is 21.7 Å². The summed E-state index contributed by atoms with van der Waals surface area (Å²) in [5, 5.41) is 0. The van der Waals surface area contributed by atoms with Gasteiger partial charge in [-0.15, -0.1) is 0 Å². The van der Waals surface area contributed by atoms with Crippen molar-refractivity contribution in [1.29, 1.82) is 0 Å². The second-order valence-electron chi connectivity index (χ2n) is 2.95. The fourth-order valence-corrected chi connectivity index (χ4v) is 2.10. The van der Waals surface area contributed by atoms with E-state index in [1.807, 2.05) is 18.8 Å². The molecule has 3 nitrogen and oxygen atoms in total. The van der Waals surface area contributed by atoms with E-state index in [0.29, 0.717) is 5.92 Å². The van der Waals surface area contributed by atoms with Gasteiger partial charge in [0, 0.05) is 5.92 Å². The van der Waals surface area contributed by atoms with Crippen LogP contribution in [-0.2, 0) is 9.05 Å². The second kappa shape index (κ2) is 4.36. The molecule has 1 aliphatic rings. The van der Waals surface area contributed by atoms with Gasteiger partial charge in [-0.2, -0.15) is 0 Å². The molecule has 0 saturated carbocycles. The van der Waals surface area contributed by atoms with Crippen LogP contribution in [0.25, 0.3) is 0 Å². The van der Waals surface area contributed by atoms with Crippen molar-refractivity contribution >= 4 is 8.53 Å². The van der Waals surface area contributed by atoms with Gasteiger partial charge in [0.25, 0.3) is 8.53 Å². The fourth-order valence-electron chi connectivity index (χ4n) is 0.890. The Morgan fingerprint density at radius 1 is 1.36 bits per heavy atom. The summed E-state index contributed by atoms with van der Waals surface area (Å²) in [6, 6.07) is 0. The number of nitrogens with zero attached hydrogens (tertiary/aromatic N) is 1. The molecule has 0 unspecified atom stereocenters. The van der Waals surface area contributed by atoms with E-state index in [4.69, 9.17) is 9.05 Å². The lowest BCUT2D eigenvalue weighted by atomic mass is 10.1. The zero-order valence-electron chi connectivity index (χ0n) is 7.41. The maximum absolute atomic E-state index is 5.51. The zero-order chi connectivity index (χ0) is 8.27. The molecule has 0 aromatic carbocycles. The van der Waals surface area contributed by atoms with Crippen LogP contribution in [0.5, 0.6) is 0 Å². The van der Waals surface area contributed by atoms with Crippen LogP contribution in [0.15, 0.2) is 0 Å². The number of hydrogen-bond donors (Lipinski definition) is 0. The summed E-state index contributed by atoms with van der Waals surface area (Å²) >= 11 is 0. The van der Waals surface area contributed by atoms with Crippen LogP contribution in [-0.4, -0.2) is 32.0 Å². The molecule has 1 aliphatic heterocycles.